The summed E-state index contributed by atoms with van der Waals surface area (Å²) < 4.78 is 41.7. The number of fused-ring (bicyclic) bond motifs is 1. The number of halogens is 3. The monoisotopic (exact) mass is 381 g/mol. The Hall–Kier alpha value is -3.61. The van der Waals surface area contributed by atoms with Crippen LogP contribution >= 0.6 is 0 Å². The number of carbonyl (C=O) groups excluding carboxylic acids is 1. The summed E-state index contributed by atoms with van der Waals surface area (Å²) in [7, 11) is 0. The molecule has 0 aliphatic carbocycles. The quantitative estimate of drug-likeness (QED) is 0.562. The molecule has 4 nitrogen and oxygen atoms in total. The zero-order valence-corrected chi connectivity index (χ0v) is 14.5. The Balaban J connectivity index is 1.71. The molecule has 1 amide bonds. The van der Waals surface area contributed by atoms with Gasteiger partial charge in [0.1, 0.15) is 23.0 Å². The highest BCUT2D eigenvalue weighted by Gasteiger charge is 2.18. The van der Waals surface area contributed by atoms with E-state index in [1.165, 1.54) is 30.3 Å². The van der Waals surface area contributed by atoms with E-state index in [-0.39, 0.29) is 18.1 Å². The maximum Gasteiger partial charge on any atom is 0.229 e. The molecule has 0 saturated heterocycles. The van der Waals surface area contributed by atoms with E-state index >= 15 is 0 Å². The number of rotatable bonds is 4. The topological polar surface area (TPSA) is 46.4 Å². The summed E-state index contributed by atoms with van der Waals surface area (Å²) in [4.78, 5) is 17.0. The van der Waals surface area contributed by atoms with Crippen LogP contribution in [0.15, 0.2) is 66.9 Å². The number of carbonyl (C=O) groups is 1. The first-order valence-electron chi connectivity index (χ1n) is 8.48. The largest absolute Gasteiger partial charge is 0.310 e. The van der Waals surface area contributed by atoms with Crippen LogP contribution < -0.4 is 5.32 Å². The molecule has 0 atom stereocenters. The molecule has 28 heavy (non-hydrogen) atoms. The van der Waals surface area contributed by atoms with Gasteiger partial charge in [0.25, 0.3) is 0 Å². The van der Waals surface area contributed by atoms with Gasteiger partial charge in [-0.2, -0.15) is 0 Å². The van der Waals surface area contributed by atoms with Crippen LogP contribution in [0.4, 0.5) is 19.0 Å². The number of hydrogen-bond acceptors (Lipinski definition) is 2. The summed E-state index contributed by atoms with van der Waals surface area (Å²) >= 11 is 0. The van der Waals surface area contributed by atoms with Crippen LogP contribution in [0.5, 0.6) is 0 Å². The second-order valence-corrected chi connectivity index (χ2v) is 6.22. The molecule has 2 aromatic carbocycles. The lowest BCUT2D eigenvalue weighted by Gasteiger charge is -2.08. The number of hydrogen-bond donors (Lipinski definition) is 1. The molecule has 4 aromatic rings. The van der Waals surface area contributed by atoms with Crippen LogP contribution in [0, 0.1) is 17.5 Å². The summed E-state index contributed by atoms with van der Waals surface area (Å²) in [5.41, 5.74) is 1.83. The van der Waals surface area contributed by atoms with E-state index < -0.39 is 11.6 Å². The molecular weight excluding hydrogens is 367 g/mol. The normalized spacial score (nSPS) is 11.0. The molecule has 0 bridgehead atoms. The minimum absolute atomic E-state index is 0.0254. The molecule has 0 unspecified atom stereocenters. The maximum absolute atomic E-state index is 13.7. The Bertz CT molecular complexity index is 1170. The van der Waals surface area contributed by atoms with Crippen molar-refractivity contribution >= 4 is 17.4 Å². The molecule has 0 saturated carbocycles. The Morgan fingerprint density at radius 2 is 1.75 bits per heavy atom. The van der Waals surface area contributed by atoms with Crippen molar-refractivity contribution in [2.75, 3.05) is 5.32 Å². The molecule has 0 radical (unpaired) electrons. The van der Waals surface area contributed by atoms with Crippen molar-refractivity contribution < 1.29 is 18.0 Å². The van der Waals surface area contributed by atoms with E-state index in [1.54, 1.807) is 28.8 Å². The summed E-state index contributed by atoms with van der Waals surface area (Å²) in [5.74, 6) is -2.35. The van der Waals surface area contributed by atoms with Crippen molar-refractivity contribution in [2.45, 2.75) is 6.42 Å². The fourth-order valence-electron chi connectivity index (χ4n) is 2.92. The SMILES string of the molecule is O=C(Cc1ccc(F)cc1)Nc1c(-c2ccc(F)c(F)c2)nc2ccccn12. The van der Waals surface area contributed by atoms with Gasteiger partial charge in [-0.05, 0) is 48.0 Å². The number of amides is 1. The van der Waals surface area contributed by atoms with Crippen LogP contribution in [0.25, 0.3) is 16.9 Å². The minimum Gasteiger partial charge on any atom is -0.310 e. The highest BCUT2D eigenvalue weighted by molar-refractivity contribution is 5.95. The predicted octanol–water partition coefficient (Wildman–Crippen LogP) is 4.60. The van der Waals surface area contributed by atoms with Gasteiger partial charge < -0.3 is 5.32 Å². The van der Waals surface area contributed by atoms with E-state index in [2.05, 4.69) is 10.3 Å². The van der Waals surface area contributed by atoms with Gasteiger partial charge in [-0.3, -0.25) is 9.20 Å². The third-order valence-corrected chi connectivity index (χ3v) is 4.26. The van der Waals surface area contributed by atoms with Crippen molar-refractivity contribution in [3.63, 3.8) is 0 Å². The van der Waals surface area contributed by atoms with Crippen molar-refractivity contribution in [3.8, 4) is 11.3 Å². The molecule has 0 fully saturated rings. The number of pyridine rings is 1. The number of benzene rings is 2. The van der Waals surface area contributed by atoms with Gasteiger partial charge in [0.2, 0.25) is 5.91 Å². The van der Waals surface area contributed by atoms with Crippen molar-refractivity contribution in [1.82, 2.24) is 9.38 Å². The lowest BCUT2D eigenvalue weighted by Crippen LogP contribution is -2.16. The average Bonchev–Trinajstić information content (AvgIpc) is 3.04. The molecule has 2 aromatic heterocycles. The third-order valence-electron chi connectivity index (χ3n) is 4.26. The summed E-state index contributed by atoms with van der Waals surface area (Å²) in [6, 6.07) is 14.3. The average molecular weight is 381 g/mol. The Morgan fingerprint density at radius 1 is 0.964 bits per heavy atom. The van der Waals surface area contributed by atoms with Crippen LogP contribution in [0.3, 0.4) is 0 Å². The fourth-order valence-corrected chi connectivity index (χ4v) is 2.92. The van der Waals surface area contributed by atoms with E-state index in [4.69, 9.17) is 0 Å². The van der Waals surface area contributed by atoms with Crippen LogP contribution in [-0.2, 0) is 11.2 Å². The van der Waals surface area contributed by atoms with E-state index in [9.17, 15) is 18.0 Å². The fraction of sp³-hybridized carbons (Fsp3) is 0.0476. The standard InChI is InChI=1S/C21H14F3N3O/c22-15-7-4-13(5-8-15)11-19(28)26-21-20(14-6-9-16(23)17(24)12-14)25-18-3-1-2-10-27(18)21/h1-10,12H,11H2,(H,26,28). The highest BCUT2D eigenvalue weighted by Crippen LogP contribution is 2.30. The van der Waals surface area contributed by atoms with Crippen LogP contribution in [0.1, 0.15) is 5.56 Å². The molecular formula is C21H14F3N3O. The number of nitrogens with zero attached hydrogens (tertiary/aromatic N) is 2. The van der Waals surface area contributed by atoms with Crippen LogP contribution in [0.2, 0.25) is 0 Å². The molecule has 0 spiro atoms. The Kier molecular flexibility index (Phi) is 4.57. The van der Waals surface area contributed by atoms with Gasteiger partial charge in [-0.1, -0.05) is 18.2 Å². The van der Waals surface area contributed by atoms with Crippen LogP contribution in [-0.4, -0.2) is 15.3 Å². The predicted molar refractivity (Wildman–Crippen MR) is 99.3 cm³/mol. The molecule has 0 aliphatic rings. The first-order valence-corrected chi connectivity index (χ1v) is 8.48. The number of anilines is 1. The lowest BCUT2D eigenvalue weighted by molar-refractivity contribution is -0.115. The summed E-state index contributed by atoms with van der Waals surface area (Å²) in [6.45, 7) is 0. The zero-order valence-electron chi connectivity index (χ0n) is 14.5. The van der Waals surface area contributed by atoms with E-state index in [1.807, 2.05) is 0 Å². The molecule has 7 heteroatoms. The van der Waals surface area contributed by atoms with Crippen molar-refractivity contribution in [2.24, 2.45) is 0 Å². The van der Waals surface area contributed by atoms with Gasteiger partial charge in [-0.25, -0.2) is 18.2 Å². The molecule has 0 aliphatic heterocycles. The second kappa shape index (κ2) is 7.19. The van der Waals surface area contributed by atoms with Crippen molar-refractivity contribution in [3.05, 3.63) is 89.9 Å². The Labute approximate surface area is 158 Å². The van der Waals surface area contributed by atoms with Gasteiger partial charge in [0.05, 0.1) is 6.42 Å². The van der Waals surface area contributed by atoms with Gasteiger partial charge >= 0.3 is 0 Å². The van der Waals surface area contributed by atoms with E-state index in [0.717, 1.165) is 12.1 Å². The Morgan fingerprint density at radius 3 is 2.50 bits per heavy atom. The van der Waals surface area contributed by atoms with Gasteiger partial charge in [0.15, 0.2) is 11.6 Å². The number of imidazole rings is 1. The molecule has 4 rings (SSSR count). The second-order valence-electron chi connectivity index (χ2n) is 6.22. The highest BCUT2D eigenvalue weighted by atomic mass is 19.2. The number of aromatic nitrogens is 2. The van der Waals surface area contributed by atoms with Gasteiger partial charge in [-0.15, -0.1) is 0 Å². The summed E-state index contributed by atoms with van der Waals surface area (Å²) in [6.07, 6.45) is 1.73. The molecule has 1 N–H and O–H groups in total. The first-order chi connectivity index (χ1) is 13.5. The third kappa shape index (κ3) is 3.46. The smallest absolute Gasteiger partial charge is 0.229 e. The molecule has 140 valence electrons. The summed E-state index contributed by atoms with van der Waals surface area (Å²) in [5, 5.41) is 2.78. The molecule has 2 heterocycles. The first kappa shape index (κ1) is 17.8. The lowest BCUT2D eigenvalue weighted by atomic mass is 10.1. The minimum atomic E-state index is -1.00. The van der Waals surface area contributed by atoms with Gasteiger partial charge in [0, 0.05) is 11.8 Å². The maximum atomic E-state index is 13.7. The van der Waals surface area contributed by atoms with E-state index in [0.29, 0.717) is 28.3 Å². The zero-order chi connectivity index (χ0) is 19.7. The van der Waals surface area contributed by atoms with Crippen molar-refractivity contribution in [1.29, 1.82) is 0 Å². The number of nitrogens with one attached hydrogen (secondary N) is 1.